The fraction of sp³-hybridized carbons (Fsp3) is 0.583. The standard InChI is InChI=1S/C12H21N5O3/c1-2-3-8-20-9-4-7-14-12-10(17(18)19)5-6-11(15-12)16-13/h5-6H,2-4,7-9,13H2,1H3,(H2,14,15,16). The van der Waals surface area contributed by atoms with Gasteiger partial charge in [0.2, 0.25) is 5.82 Å². The van der Waals surface area contributed by atoms with Crippen LogP contribution in [0.3, 0.4) is 0 Å². The van der Waals surface area contributed by atoms with E-state index < -0.39 is 4.92 Å². The lowest BCUT2D eigenvalue weighted by molar-refractivity contribution is -0.384. The first-order chi connectivity index (χ1) is 9.69. The number of nitrogens with two attached hydrogens (primary N) is 1. The van der Waals surface area contributed by atoms with E-state index in [-0.39, 0.29) is 11.5 Å². The van der Waals surface area contributed by atoms with E-state index in [2.05, 4.69) is 22.7 Å². The van der Waals surface area contributed by atoms with Gasteiger partial charge in [0.05, 0.1) is 4.92 Å². The van der Waals surface area contributed by atoms with E-state index in [0.29, 0.717) is 19.0 Å². The van der Waals surface area contributed by atoms with E-state index in [1.54, 1.807) is 0 Å². The van der Waals surface area contributed by atoms with Gasteiger partial charge in [-0.1, -0.05) is 13.3 Å². The number of hydrazine groups is 1. The highest BCUT2D eigenvalue weighted by atomic mass is 16.6. The molecular weight excluding hydrogens is 262 g/mol. The number of nitro groups is 1. The zero-order valence-electron chi connectivity index (χ0n) is 11.6. The summed E-state index contributed by atoms with van der Waals surface area (Å²) in [7, 11) is 0. The zero-order valence-corrected chi connectivity index (χ0v) is 11.6. The van der Waals surface area contributed by atoms with E-state index in [0.717, 1.165) is 25.9 Å². The molecule has 0 amide bonds. The van der Waals surface area contributed by atoms with Gasteiger partial charge >= 0.3 is 5.69 Å². The van der Waals surface area contributed by atoms with Crippen molar-refractivity contribution in [3.63, 3.8) is 0 Å². The van der Waals surface area contributed by atoms with Crippen molar-refractivity contribution in [1.82, 2.24) is 4.98 Å². The average Bonchev–Trinajstić information content (AvgIpc) is 2.45. The molecule has 0 fully saturated rings. The first kappa shape index (κ1) is 16.1. The molecule has 1 rings (SSSR count). The van der Waals surface area contributed by atoms with E-state index in [1.165, 1.54) is 12.1 Å². The highest BCUT2D eigenvalue weighted by molar-refractivity contribution is 5.59. The molecule has 20 heavy (non-hydrogen) atoms. The Bertz CT molecular complexity index is 428. The predicted octanol–water partition coefficient (Wildman–Crippen LogP) is 1.89. The second-order valence-corrected chi connectivity index (χ2v) is 4.21. The number of nitrogens with one attached hydrogen (secondary N) is 2. The summed E-state index contributed by atoms with van der Waals surface area (Å²) in [6.07, 6.45) is 2.90. The summed E-state index contributed by atoms with van der Waals surface area (Å²) in [5, 5.41) is 13.8. The normalized spacial score (nSPS) is 10.3. The quantitative estimate of drug-likeness (QED) is 0.260. The van der Waals surface area contributed by atoms with Gasteiger partial charge < -0.3 is 15.5 Å². The van der Waals surface area contributed by atoms with E-state index in [1.807, 2.05) is 0 Å². The van der Waals surface area contributed by atoms with Crippen LogP contribution >= 0.6 is 0 Å². The summed E-state index contributed by atoms with van der Waals surface area (Å²) in [4.78, 5) is 14.4. The zero-order chi connectivity index (χ0) is 14.8. The lowest BCUT2D eigenvalue weighted by Gasteiger charge is -2.08. The Balaban J connectivity index is 2.43. The number of unbranched alkanes of at least 4 members (excludes halogenated alkanes) is 1. The van der Waals surface area contributed by atoms with Crippen molar-refractivity contribution in [3.05, 3.63) is 22.2 Å². The molecule has 4 N–H and O–H groups in total. The van der Waals surface area contributed by atoms with Crippen molar-refractivity contribution < 1.29 is 9.66 Å². The lowest BCUT2D eigenvalue weighted by Crippen LogP contribution is -2.12. The molecule has 0 unspecified atom stereocenters. The molecule has 8 heteroatoms. The smallest absolute Gasteiger partial charge is 0.311 e. The maximum Gasteiger partial charge on any atom is 0.311 e. The Morgan fingerprint density at radius 2 is 2.15 bits per heavy atom. The van der Waals surface area contributed by atoms with Crippen LogP contribution in [0.2, 0.25) is 0 Å². The first-order valence-corrected chi connectivity index (χ1v) is 6.62. The summed E-state index contributed by atoms with van der Waals surface area (Å²) < 4.78 is 5.41. The van der Waals surface area contributed by atoms with E-state index in [9.17, 15) is 10.1 Å². The third kappa shape index (κ3) is 5.37. The Labute approximate surface area is 117 Å². The molecule has 0 saturated carbocycles. The fourth-order valence-electron chi connectivity index (χ4n) is 1.54. The monoisotopic (exact) mass is 283 g/mol. The highest BCUT2D eigenvalue weighted by Crippen LogP contribution is 2.23. The molecule has 0 aromatic carbocycles. The molecular formula is C12H21N5O3. The minimum atomic E-state index is -0.479. The Hall–Kier alpha value is -1.93. The molecule has 0 radical (unpaired) electrons. The van der Waals surface area contributed by atoms with E-state index in [4.69, 9.17) is 10.6 Å². The number of anilines is 2. The fourth-order valence-corrected chi connectivity index (χ4v) is 1.54. The minimum Gasteiger partial charge on any atom is -0.381 e. The number of aromatic nitrogens is 1. The molecule has 0 atom stereocenters. The number of rotatable bonds is 10. The molecule has 0 aliphatic rings. The topological polar surface area (TPSA) is 115 Å². The number of pyridine rings is 1. The Kier molecular flexibility index (Phi) is 7.30. The van der Waals surface area contributed by atoms with Crippen LogP contribution in [0.25, 0.3) is 0 Å². The SMILES string of the molecule is CCCCOCCCNc1nc(NN)ccc1[N+](=O)[O-]. The summed E-state index contributed by atoms with van der Waals surface area (Å²) in [6, 6.07) is 2.82. The second-order valence-electron chi connectivity index (χ2n) is 4.21. The number of nitrogen functional groups attached to an aromatic ring is 1. The van der Waals surface area contributed by atoms with Gasteiger partial charge in [0, 0.05) is 25.8 Å². The van der Waals surface area contributed by atoms with Crippen LogP contribution in [0.4, 0.5) is 17.3 Å². The summed E-state index contributed by atoms with van der Waals surface area (Å²) in [5.41, 5.74) is 2.29. The minimum absolute atomic E-state index is 0.0732. The third-order valence-electron chi connectivity index (χ3n) is 2.62. The molecule has 0 aliphatic heterocycles. The van der Waals surface area contributed by atoms with Gasteiger partial charge in [0.15, 0.2) is 0 Å². The maximum absolute atomic E-state index is 10.9. The van der Waals surface area contributed by atoms with Gasteiger partial charge in [-0.15, -0.1) is 0 Å². The summed E-state index contributed by atoms with van der Waals surface area (Å²) in [6.45, 7) is 4.03. The van der Waals surface area contributed by atoms with Crippen LogP contribution in [0.15, 0.2) is 12.1 Å². The molecule has 0 saturated heterocycles. The highest BCUT2D eigenvalue weighted by Gasteiger charge is 2.15. The lowest BCUT2D eigenvalue weighted by atomic mass is 10.3. The number of ether oxygens (including phenoxy) is 1. The van der Waals surface area contributed by atoms with Crippen LogP contribution in [0.1, 0.15) is 26.2 Å². The largest absolute Gasteiger partial charge is 0.381 e. The molecule has 1 aromatic heterocycles. The van der Waals surface area contributed by atoms with Crippen molar-refractivity contribution in [3.8, 4) is 0 Å². The average molecular weight is 283 g/mol. The van der Waals surface area contributed by atoms with Gasteiger partial charge in [-0.2, -0.15) is 0 Å². The summed E-state index contributed by atoms with van der Waals surface area (Å²) >= 11 is 0. The molecule has 1 heterocycles. The molecule has 112 valence electrons. The Morgan fingerprint density at radius 1 is 1.40 bits per heavy atom. The van der Waals surface area contributed by atoms with Crippen molar-refractivity contribution >= 4 is 17.3 Å². The second kappa shape index (κ2) is 9.05. The molecule has 8 nitrogen and oxygen atoms in total. The van der Waals surface area contributed by atoms with Gasteiger partial charge in [0.25, 0.3) is 0 Å². The van der Waals surface area contributed by atoms with Gasteiger partial charge in [-0.05, 0) is 18.9 Å². The van der Waals surface area contributed by atoms with Crippen LogP contribution in [-0.4, -0.2) is 29.7 Å². The number of nitrogens with zero attached hydrogens (tertiary/aromatic N) is 2. The molecule has 0 spiro atoms. The van der Waals surface area contributed by atoms with Crippen molar-refractivity contribution in [1.29, 1.82) is 0 Å². The van der Waals surface area contributed by atoms with E-state index >= 15 is 0 Å². The van der Waals surface area contributed by atoms with Crippen molar-refractivity contribution in [2.24, 2.45) is 5.84 Å². The van der Waals surface area contributed by atoms with Crippen molar-refractivity contribution in [2.45, 2.75) is 26.2 Å². The predicted molar refractivity (Wildman–Crippen MR) is 77.5 cm³/mol. The third-order valence-corrected chi connectivity index (χ3v) is 2.62. The summed E-state index contributed by atoms with van der Waals surface area (Å²) in [5.74, 6) is 5.82. The van der Waals surface area contributed by atoms with Gasteiger partial charge in [-0.3, -0.25) is 10.1 Å². The van der Waals surface area contributed by atoms with Crippen LogP contribution < -0.4 is 16.6 Å². The van der Waals surface area contributed by atoms with Crippen LogP contribution in [0.5, 0.6) is 0 Å². The molecule has 1 aromatic rings. The van der Waals surface area contributed by atoms with Crippen LogP contribution in [0, 0.1) is 10.1 Å². The number of hydrogen-bond donors (Lipinski definition) is 3. The van der Waals surface area contributed by atoms with Gasteiger partial charge in [-0.25, -0.2) is 10.8 Å². The van der Waals surface area contributed by atoms with Crippen molar-refractivity contribution in [2.75, 3.05) is 30.5 Å². The Morgan fingerprint density at radius 3 is 2.80 bits per heavy atom. The van der Waals surface area contributed by atoms with Crippen LogP contribution in [-0.2, 0) is 4.74 Å². The molecule has 0 bridgehead atoms. The maximum atomic E-state index is 10.9. The first-order valence-electron chi connectivity index (χ1n) is 6.62. The molecule has 0 aliphatic carbocycles. The number of hydrogen-bond acceptors (Lipinski definition) is 7. The van der Waals surface area contributed by atoms with Gasteiger partial charge in [0.1, 0.15) is 5.82 Å².